The van der Waals surface area contributed by atoms with E-state index in [4.69, 9.17) is 0 Å². The molecule has 2 amide bonds. The number of nitrogens with zero attached hydrogens (tertiary/aromatic N) is 1. The summed E-state index contributed by atoms with van der Waals surface area (Å²) in [7, 11) is 0. The Labute approximate surface area is 219 Å². The van der Waals surface area contributed by atoms with E-state index in [1.807, 2.05) is 39.0 Å². The Bertz CT molecular complexity index is 1080. The first kappa shape index (κ1) is 27.6. The summed E-state index contributed by atoms with van der Waals surface area (Å²) in [5.41, 5.74) is 4.73. The summed E-state index contributed by atoms with van der Waals surface area (Å²) in [6.45, 7) is 5.04. The molecule has 0 spiro atoms. The van der Waals surface area contributed by atoms with E-state index in [1.165, 1.54) is 4.90 Å². The van der Waals surface area contributed by atoms with Crippen LogP contribution in [0, 0.1) is 31.6 Å². The van der Waals surface area contributed by atoms with Gasteiger partial charge in [-0.3, -0.25) is 14.5 Å². The van der Waals surface area contributed by atoms with E-state index in [2.05, 4.69) is 0 Å². The largest absolute Gasteiger partial charge is 0.507 e. The third-order valence-corrected chi connectivity index (χ3v) is 8.64. The molecule has 7 heteroatoms. The fraction of sp³-hybridized carbons (Fsp3) is 0.600. The Morgan fingerprint density at radius 2 is 1.73 bits per heavy atom. The fourth-order valence-electron chi connectivity index (χ4n) is 6.78. The minimum absolute atomic E-state index is 0.0791. The number of hydrogen-bond acceptors (Lipinski definition) is 6. The number of phenolic OH excluding ortho intramolecular Hbond substituents is 1. The van der Waals surface area contributed by atoms with Crippen LogP contribution in [0.2, 0.25) is 0 Å². The Morgan fingerprint density at radius 1 is 1.08 bits per heavy atom. The number of aliphatic hydroxyl groups is 3. The van der Waals surface area contributed by atoms with Crippen molar-refractivity contribution in [2.45, 2.75) is 84.3 Å². The quantitative estimate of drug-likeness (QED) is 0.312. The van der Waals surface area contributed by atoms with Gasteiger partial charge in [0, 0.05) is 12.0 Å². The highest BCUT2D eigenvalue weighted by atomic mass is 16.3. The molecule has 0 bridgehead atoms. The maximum Gasteiger partial charge on any atom is 0.234 e. The van der Waals surface area contributed by atoms with Crippen LogP contribution in [0.25, 0.3) is 6.08 Å². The normalized spacial score (nSPS) is 26.2. The van der Waals surface area contributed by atoms with Crippen molar-refractivity contribution in [3.05, 3.63) is 45.5 Å². The second kappa shape index (κ2) is 11.5. The molecule has 3 aliphatic rings. The lowest BCUT2D eigenvalue weighted by Gasteiger charge is -2.36. The van der Waals surface area contributed by atoms with Gasteiger partial charge < -0.3 is 20.4 Å². The highest BCUT2D eigenvalue weighted by molar-refractivity contribution is 6.06. The molecule has 7 nitrogen and oxygen atoms in total. The number of aromatic hydroxyl groups is 1. The maximum atomic E-state index is 13.5. The number of phenols is 1. The van der Waals surface area contributed by atoms with Crippen molar-refractivity contribution in [3.8, 4) is 5.75 Å². The third kappa shape index (κ3) is 5.40. The summed E-state index contributed by atoms with van der Waals surface area (Å²) in [6, 6.07) is 3.75. The lowest BCUT2D eigenvalue weighted by molar-refractivity contribution is -0.143. The number of aliphatic hydroxyl groups excluding tert-OH is 3. The zero-order valence-corrected chi connectivity index (χ0v) is 22.2. The van der Waals surface area contributed by atoms with E-state index < -0.39 is 23.9 Å². The maximum absolute atomic E-state index is 13.5. The van der Waals surface area contributed by atoms with E-state index in [0.717, 1.165) is 54.4 Å². The first-order chi connectivity index (χ1) is 17.7. The van der Waals surface area contributed by atoms with E-state index in [-0.39, 0.29) is 37.5 Å². The molecule has 202 valence electrons. The van der Waals surface area contributed by atoms with E-state index in [0.29, 0.717) is 29.7 Å². The number of imide groups is 1. The van der Waals surface area contributed by atoms with E-state index in [9.17, 15) is 30.0 Å². The summed E-state index contributed by atoms with van der Waals surface area (Å²) < 4.78 is 0. The van der Waals surface area contributed by atoms with Crippen molar-refractivity contribution in [2.75, 3.05) is 13.2 Å². The average molecular weight is 512 g/mol. The van der Waals surface area contributed by atoms with E-state index in [1.54, 1.807) is 0 Å². The summed E-state index contributed by atoms with van der Waals surface area (Å²) in [5, 5.41) is 41.8. The average Bonchev–Trinajstić information content (AvgIpc) is 3.14. The predicted octanol–water partition coefficient (Wildman–Crippen LogP) is 3.79. The van der Waals surface area contributed by atoms with Crippen LogP contribution in [0.5, 0.6) is 5.75 Å². The number of benzene rings is 1. The van der Waals surface area contributed by atoms with Crippen LogP contribution in [0.15, 0.2) is 28.9 Å². The van der Waals surface area contributed by atoms with Crippen LogP contribution in [-0.4, -0.2) is 62.5 Å². The van der Waals surface area contributed by atoms with Gasteiger partial charge in [0.25, 0.3) is 0 Å². The van der Waals surface area contributed by atoms with Gasteiger partial charge in [-0.2, -0.15) is 0 Å². The summed E-state index contributed by atoms with van der Waals surface area (Å²) in [4.78, 5) is 28.3. The number of carbonyl (C=O) groups is 2. The van der Waals surface area contributed by atoms with Gasteiger partial charge in [-0.25, -0.2) is 0 Å². The van der Waals surface area contributed by atoms with Gasteiger partial charge in [0.15, 0.2) is 0 Å². The molecule has 1 saturated heterocycles. The molecule has 4 rings (SSSR count). The minimum atomic E-state index is -0.932. The van der Waals surface area contributed by atoms with Gasteiger partial charge in [-0.1, -0.05) is 30.9 Å². The van der Waals surface area contributed by atoms with Crippen LogP contribution in [0.3, 0.4) is 0 Å². The lowest BCUT2D eigenvalue weighted by Crippen LogP contribution is -2.42. The Kier molecular flexibility index (Phi) is 8.56. The molecule has 4 atom stereocenters. The molecule has 0 radical (unpaired) electrons. The highest BCUT2D eigenvalue weighted by Crippen LogP contribution is 2.47. The second-order valence-electron chi connectivity index (χ2n) is 11.2. The number of carbonyl (C=O) groups excluding carboxylic acids is 2. The summed E-state index contributed by atoms with van der Waals surface area (Å²) in [5.74, 6) is -2.05. The molecule has 37 heavy (non-hydrogen) atoms. The summed E-state index contributed by atoms with van der Waals surface area (Å²) in [6.07, 6.45) is 7.05. The number of fused-ring (bicyclic) bond motifs is 1. The first-order valence-electron chi connectivity index (χ1n) is 13.6. The SMILES string of the molecule is C/C(=C\c1cc(C)c(O)c(C)c1)CC[C@@H](O)C1=C(CO)C[C@H]2C(=O)N(C3CCCCC3)C(=O)[C@H]2[C@H]1CO. The van der Waals surface area contributed by atoms with Crippen molar-refractivity contribution >= 4 is 17.9 Å². The number of allylic oxidation sites excluding steroid dienone is 1. The van der Waals surface area contributed by atoms with E-state index >= 15 is 0 Å². The molecule has 1 heterocycles. The lowest BCUT2D eigenvalue weighted by atomic mass is 9.68. The Hall–Kier alpha value is -2.48. The predicted molar refractivity (Wildman–Crippen MR) is 141 cm³/mol. The van der Waals surface area contributed by atoms with Gasteiger partial charge in [0.2, 0.25) is 11.8 Å². The van der Waals surface area contributed by atoms with Crippen molar-refractivity contribution < 1.29 is 30.0 Å². The number of hydrogen-bond donors (Lipinski definition) is 4. The molecule has 2 fully saturated rings. The van der Waals surface area contributed by atoms with Crippen molar-refractivity contribution in [2.24, 2.45) is 17.8 Å². The number of rotatable bonds is 8. The Balaban J connectivity index is 1.52. The van der Waals surface area contributed by atoms with Gasteiger partial charge in [-0.05, 0) is 92.8 Å². The zero-order valence-electron chi connectivity index (χ0n) is 22.2. The van der Waals surface area contributed by atoms with Crippen LogP contribution in [0.4, 0.5) is 0 Å². The van der Waals surface area contributed by atoms with Crippen molar-refractivity contribution in [1.82, 2.24) is 4.90 Å². The fourth-order valence-corrected chi connectivity index (χ4v) is 6.78. The van der Waals surface area contributed by atoms with Crippen LogP contribution < -0.4 is 0 Å². The molecule has 1 aromatic rings. The first-order valence-corrected chi connectivity index (χ1v) is 13.6. The molecule has 2 aliphatic carbocycles. The Morgan fingerprint density at radius 3 is 2.32 bits per heavy atom. The standard InChI is InChI=1S/C30H41NO6/c1-17(11-20-12-18(2)28(35)19(3)13-20)9-10-25(34)26-21(15-32)14-23-27(24(26)16-33)30(37)31(29(23)36)22-7-5-4-6-8-22/h11-13,22-25,27,32-35H,4-10,14-16H2,1-3H3/b17-11+/t23-,24+,25-,27-/m1/s1. The highest BCUT2D eigenvalue weighted by Gasteiger charge is 2.56. The molecule has 4 N–H and O–H groups in total. The molecule has 1 aromatic carbocycles. The minimum Gasteiger partial charge on any atom is -0.507 e. The van der Waals surface area contributed by atoms with Gasteiger partial charge in [-0.15, -0.1) is 0 Å². The monoisotopic (exact) mass is 511 g/mol. The molecule has 1 aliphatic heterocycles. The van der Waals surface area contributed by atoms with Crippen LogP contribution in [-0.2, 0) is 9.59 Å². The van der Waals surface area contributed by atoms with Gasteiger partial charge in [0.1, 0.15) is 5.75 Å². The second-order valence-corrected chi connectivity index (χ2v) is 11.2. The van der Waals surface area contributed by atoms with Crippen molar-refractivity contribution in [1.29, 1.82) is 0 Å². The van der Waals surface area contributed by atoms with Gasteiger partial charge in [0.05, 0.1) is 31.2 Å². The summed E-state index contributed by atoms with van der Waals surface area (Å²) >= 11 is 0. The number of aryl methyl sites for hydroxylation is 2. The van der Waals surface area contributed by atoms with Crippen molar-refractivity contribution in [3.63, 3.8) is 0 Å². The zero-order chi connectivity index (χ0) is 26.9. The van der Waals surface area contributed by atoms with Crippen LogP contribution in [0.1, 0.15) is 75.0 Å². The van der Waals surface area contributed by atoms with Gasteiger partial charge >= 0.3 is 0 Å². The molecular formula is C30H41NO6. The number of amides is 2. The smallest absolute Gasteiger partial charge is 0.234 e. The van der Waals surface area contributed by atoms with Crippen LogP contribution >= 0.6 is 0 Å². The molecule has 0 unspecified atom stereocenters. The number of likely N-dealkylation sites (tertiary alicyclic amines) is 1. The topological polar surface area (TPSA) is 118 Å². The molecule has 0 aromatic heterocycles. The molecule has 1 saturated carbocycles. The molecular weight excluding hydrogens is 470 g/mol. The third-order valence-electron chi connectivity index (χ3n) is 8.64.